The van der Waals surface area contributed by atoms with Crippen molar-refractivity contribution in [1.82, 2.24) is 15.1 Å². The lowest BCUT2D eigenvalue weighted by atomic mass is 9.74. The minimum atomic E-state index is -1.84. The summed E-state index contributed by atoms with van der Waals surface area (Å²) in [7, 11) is 0. The van der Waals surface area contributed by atoms with Crippen LogP contribution >= 0.6 is 0 Å². The Morgan fingerprint density at radius 3 is 2.33 bits per heavy atom. The van der Waals surface area contributed by atoms with Crippen molar-refractivity contribution in [2.24, 2.45) is 5.92 Å². The molecule has 174 valence electrons. The molecule has 3 aliphatic heterocycles. The topological polar surface area (TPSA) is 61.9 Å². The normalized spacial score (nSPS) is 25.0. The molecule has 3 atom stereocenters. The van der Waals surface area contributed by atoms with Gasteiger partial charge in [-0.15, -0.1) is 0 Å². The highest BCUT2D eigenvalue weighted by Gasteiger charge is 2.51. The monoisotopic (exact) mass is 455 g/mol. The predicted octanol–water partition coefficient (Wildman–Crippen LogP) is 2.99. The van der Waals surface area contributed by atoms with Gasteiger partial charge in [0.1, 0.15) is 12.4 Å². The summed E-state index contributed by atoms with van der Waals surface area (Å²) >= 11 is 0. The summed E-state index contributed by atoms with van der Waals surface area (Å²) in [4.78, 5) is 28.1. The molecule has 3 amide bonds. The molecule has 0 radical (unpaired) electrons. The van der Waals surface area contributed by atoms with Gasteiger partial charge in [0.2, 0.25) is 5.91 Å². The van der Waals surface area contributed by atoms with Crippen molar-refractivity contribution >= 4 is 11.9 Å². The Kier molecular flexibility index (Phi) is 5.56. The first kappa shape index (κ1) is 21.8. The minimum Gasteiger partial charge on any atom is -0.366 e. The summed E-state index contributed by atoms with van der Waals surface area (Å²) < 4.78 is 35.9. The van der Waals surface area contributed by atoms with Gasteiger partial charge in [0, 0.05) is 32.1 Å². The second-order valence-corrected chi connectivity index (χ2v) is 9.23. The van der Waals surface area contributed by atoms with E-state index in [-0.39, 0.29) is 43.8 Å². The molecule has 3 heterocycles. The van der Waals surface area contributed by atoms with E-state index in [0.717, 1.165) is 5.56 Å². The lowest BCUT2D eigenvalue weighted by molar-refractivity contribution is -0.139. The molecule has 0 aromatic heterocycles. The second kappa shape index (κ2) is 8.41. The molecule has 0 spiro atoms. The first-order valence-electron chi connectivity index (χ1n) is 11.3. The maximum atomic E-state index is 16.8. The van der Waals surface area contributed by atoms with Crippen molar-refractivity contribution in [3.63, 3.8) is 0 Å². The third-order valence-corrected chi connectivity index (χ3v) is 7.05. The number of hydrogen-bond donors (Lipinski definition) is 1. The van der Waals surface area contributed by atoms with E-state index >= 15 is 4.39 Å². The number of carbonyl (C=O) groups is 2. The number of urea groups is 1. The lowest BCUT2D eigenvalue weighted by Crippen LogP contribution is -2.65. The number of carbonyl (C=O) groups excluding carboxylic acids is 2. The van der Waals surface area contributed by atoms with E-state index in [0.29, 0.717) is 30.6 Å². The van der Waals surface area contributed by atoms with Crippen LogP contribution in [0.1, 0.15) is 23.1 Å². The number of hydrogen-bond acceptors (Lipinski definition) is 3. The number of halogens is 2. The van der Waals surface area contributed by atoms with Gasteiger partial charge in [-0.1, -0.05) is 42.0 Å². The van der Waals surface area contributed by atoms with Crippen LogP contribution in [0.3, 0.4) is 0 Å². The fourth-order valence-corrected chi connectivity index (χ4v) is 5.09. The summed E-state index contributed by atoms with van der Waals surface area (Å²) in [6, 6.07) is 12.4. The average molecular weight is 456 g/mol. The Bertz CT molecular complexity index is 992. The predicted molar refractivity (Wildman–Crippen MR) is 118 cm³/mol. The first-order chi connectivity index (χ1) is 15.8. The van der Waals surface area contributed by atoms with Crippen LogP contribution in [0.5, 0.6) is 0 Å². The Morgan fingerprint density at radius 2 is 1.67 bits per heavy atom. The van der Waals surface area contributed by atoms with Gasteiger partial charge in [-0.05, 0) is 36.6 Å². The quantitative estimate of drug-likeness (QED) is 0.774. The van der Waals surface area contributed by atoms with Gasteiger partial charge in [-0.3, -0.25) is 4.79 Å². The Hall–Kier alpha value is -3.00. The van der Waals surface area contributed by atoms with Crippen molar-refractivity contribution in [2.45, 2.75) is 31.2 Å². The van der Waals surface area contributed by atoms with E-state index in [4.69, 9.17) is 4.74 Å². The van der Waals surface area contributed by atoms with Crippen molar-refractivity contribution in [1.29, 1.82) is 0 Å². The summed E-state index contributed by atoms with van der Waals surface area (Å²) in [5.74, 6) is -1.04. The molecule has 2 aromatic rings. The van der Waals surface area contributed by atoms with E-state index < -0.39 is 17.4 Å². The zero-order valence-electron chi connectivity index (χ0n) is 18.5. The van der Waals surface area contributed by atoms with E-state index in [2.05, 4.69) is 5.32 Å². The first-order valence-corrected chi connectivity index (χ1v) is 11.3. The molecule has 3 unspecified atom stereocenters. The fraction of sp³-hybridized carbons (Fsp3) is 0.440. The number of fused-ring (bicyclic) bond motifs is 1. The largest absolute Gasteiger partial charge is 0.366 e. The number of rotatable bonds is 3. The van der Waals surface area contributed by atoms with Gasteiger partial charge in [-0.25, -0.2) is 13.6 Å². The number of nitrogens with one attached hydrogen (secondary N) is 1. The molecule has 5 rings (SSSR count). The van der Waals surface area contributed by atoms with E-state index in [1.54, 1.807) is 21.9 Å². The number of morpholine rings is 1. The zero-order chi connectivity index (χ0) is 23.2. The van der Waals surface area contributed by atoms with Crippen LogP contribution in [0.2, 0.25) is 0 Å². The molecule has 33 heavy (non-hydrogen) atoms. The molecular formula is C25H27F2N3O3. The second-order valence-electron chi connectivity index (χ2n) is 9.23. The van der Waals surface area contributed by atoms with Crippen LogP contribution in [-0.4, -0.2) is 66.7 Å². The van der Waals surface area contributed by atoms with Crippen molar-refractivity contribution in [3.05, 3.63) is 71.0 Å². The van der Waals surface area contributed by atoms with Crippen LogP contribution in [0, 0.1) is 18.7 Å². The van der Waals surface area contributed by atoms with Gasteiger partial charge < -0.3 is 19.9 Å². The lowest BCUT2D eigenvalue weighted by Gasteiger charge is -2.49. The fourth-order valence-electron chi connectivity index (χ4n) is 5.09. The molecule has 3 saturated heterocycles. The highest BCUT2D eigenvalue weighted by atomic mass is 19.1. The molecule has 8 heteroatoms. The number of nitrogens with zero attached hydrogens (tertiary/aromatic N) is 2. The van der Waals surface area contributed by atoms with Crippen LogP contribution in [0.15, 0.2) is 48.5 Å². The number of piperidine rings is 1. The number of amides is 3. The highest BCUT2D eigenvalue weighted by molar-refractivity contribution is 5.79. The number of alkyl halides is 1. The van der Waals surface area contributed by atoms with E-state index in [1.807, 2.05) is 19.1 Å². The van der Waals surface area contributed by atoms with E-state index in [9.17, 15) is 14.0 Å². The van der Waals surface area contributed by atoms with Gasteiger partial charge in [0.25, 0.3) is 0 Å². The number of likely N-dealkylation sites (tertiary alicyclic amines) is 2. The molecular weight excluding hydrogens is 428 g/mol. The molecule has 3 aliphatic rings. The highest BCUT2D eigenvalue weighted by Crippen LogP contribution is 2.45. The zero-order valence-corrected chi connectivity index (χ0v) is 18.5. The molecule has 0 aliphatic carbocycles. The smallest absolute Gasteiger partial charge is 0.320 e. The summed E-state index contributed by atoms with van der Waals surface area (Å²) in [5.41, 5.74) is 0.0660. The minimum absolute atomic E-state index is 0.0594. The Balaban J connectivity index is 1.31. The Labute approximate surface area is 191 Å². The standard InChI is InChI=1S/C25H27F2N3O3/c1-16-2-4-17(5-3-16)25(27,18-6-8-20(26)9-7-18)19-12-30(13-19)24(32)29-11-10-22-21(14-29)28-23(31)15-33-22/h2-9,19,21-22H,10-15H2,1H3,(H,28,31). The Morgan fingerprint density at radius 1 is 1.03 bits per heavy atom. The van der Waals surface area contributed by atoms with E-state index in [1.165, 1.54) is 24.3 Å². The number of ether oxygens (including phenoxy) is 1. The third-order valence-electron chi connectivity index (χ3n) is 7.05. The van der Waals surface area contributed by atoms with Gasteiger partial charge >= 0.3 is 6.03 Å². The van der Waals surface area contributed by atoms with Gasteiger partial charge in [0.05, 0.1) is 12.1 Å². The third kappa shape index (κ3) is 3.97. The molecule has 0 bridgehead atoms. The summed E-state index contributed by atoms with van der Waals surface area (Å²) in [5, 5.41) is 2.90. The SMILES string of the molecule is Cc1ccc(C(F)(c2ccc(F)cc2)C2CN(C(=O)N3CCC4OCC(=O)NC4C3)C2)cc1. The van der Waals surface area contributed by atoms with Crippen LogP contribution in [0.4, 0.5) is 13.6 Å². The van der Waals surface area contributed by atoms with Crippen LogP contribution in [0.25, 0.3) is 0 Å². The average Bonchev–Trinajstić information content (AvgIpc) is 2.78. The molecule has 2 aromatic carbocycles. The van der Waals surface area contributed by atoms with Crippen LogP contribution in [-0.2, 0) is 15.2 Å². The van der Waals surface area contributed by atoms with Crippen molar-refractivity contribution < 1.29 is 23.1 Å². The number of aryl methyl sites for hydroxylation is 1. The van der Waals surface area contributed by atoms with Gasteiger partial charge in [-0.2, -0.15) is 0 Å². The maximum Gasteiger partial charge on any atom is 0.320 e. The van der Waals surface area contributed by atoms with Crippen LogP contribution < -0.4 is 5.32 Å². The maximum absolute atomic E-state index is 16.8. The molecule has 3 fully saturated rings. The molecule has 6 nitrogen and oxygen atoms in total. The van der Waals surface area contributed by atoms with Crippen molar-refractivity contribution in [2.75, 3.05) is 32.8 Å². The summed E-state index contributed by atoms with van der Waals surface area (Å²) in [6.07, 6.45) is 0.578. The summed E-state index contributed by atoms with van der Waals surface area (Å²) in [6.45, 7) is 3.43. The molecule has 1 N–H and O–H groups in total. The van der Waals surface area contributed by atoms with Crippen molar-refractivity contribution in [3.8, 4) is 0 Å². The number of benzene rings is 2. The van der Waals surface area contributed by atoms with Gasteiger partial charge in [0.15, 0.2) is 5.67 Å². The molecule has 0 saturated carbocycles.